The highest BCUT2D eigenvalue weighted by Gasteiger charge is 2.19. The minimum absolute atomic E-state index is 0.00471. The predicted octanol–water partition coefficient (Wildman–Crippen LogP) is 2.74. The van der Waals surface area contributed by atoms with Gasteiger partial charge in [0.15, 0.2) is 0 Å². The van der Waals surface area contributed by atoms with Gasteiger partial charge in [-0.3, -0.25) is 0 Å². The van der Waals surface area contributed by atoms with Crippen molar-refractivity contribution >= 4 is 0 Å². The lowest BCUT2D eigenvalue weighted by molar-refractivity contribution is 0.417. The number of nitrogens with zero attached hydrogens (tertiary/aromatic N) is 2. The van der Waals surface area contributed by atoms with Crippen molar-refractivity contribution in [3.8, 4) is 0 Å². The van der Waals surface area contributed by atoms with Crippen molar-refractivity contribution < 1.29 is 4.42 Å². The predicted molar refractivity (Wildman–Crippen MR) is 66.5 cm³/mol. The first-order valence-electron chi connectivity index (χ1n) is 5.92. The molecule has 2 aromatic heterocycles. The van der Waals surface area contributed by atoms with Crippen LogP contribution in [0.2, 0.25) is 0 Å². The molecule has 2 unspecified atom stereocenters. The normalized spacial score (nSPS) is 15.1. The molecule has 4 nitrogen and oxygen atoms in total. The van der Waals surface area contributed by atoms with E-state index in [1.807, 2.05) is 24.7 Å². The third-order valence-electron chi connectivity index (χ3n) is 3.13. The van der Waals surface area contributed by atoms with Gasteiger partial charge in [0.2, 0.25) is 0 Å². The first-order valence-corrected chi connectivity index (χ1v) is 5.92. The summed E-state index contributed by atoms with van der Waals surface area (Å²) in [5.74, 6) is 1.30. The fraction of sp³-hybridized carbons (Fsp3) is 0.462. The molecule has 0 radical (unpaired) electrons. The maximum absolute atomic E-state index is 6.18. The summed E-state index contributed by atoms with van der Waals surface area (Å²) >= 11 is 0. The molecular weight excluding hydrogens is 214 g/mol. The Balaban J connectivity index is 2.31. The van der Waals surface area contributed by atoms with E-state index in [2.05, 4.69) is 30.3 Å². The van der Waals surface area contributed by atoms with E-state index in [4.69, 9.17) is 10.2 Å². The third kappa shape index (κ3) is 2.26. The molecule has 0 amide bonds. The maximum Gasteiger partial charge on any atom is 0.126 e. The minimum Gasteiger partial charge on any atom is -0.467 e. The van der Waals surface area contributed by atoms with Crippen LogP contribution in [0.15, 0.2) is 35.3 Å². The summed E-state index contributed by atoms with van der Waals surface area (Å²) in [6.45, 7) is 6.30. The van der Waals surface area contributed by atoms with Gasteiger partial charge in [0, 0.05) is 12.2 Å². The molecule has 2 atom stereocenters. The standard InChI is InChI=1S/C13H19N3O/c1-9(2)13(14)11-7-15-8-16(11)10(3)12-5-4-6-17-12/h4-10,13H,14H2,1-3H3. The lowest BCUT2D eigenvalue weighted by Gasteiger charge is -2.21. The second kappa shape index (κ2) is 4.75. The van der Waals surface area contributed by atoms with Crippen molar-refractivity contribution in [3.63, 3.8) is 0 Å². The molecule has 0 aliphatic carbocycles. The lowest BCUT2D eigenvalue weighted by Crippen LogP contribution is -2.22. The third-order valence-corrected chi connectivity index (χ3v) is 3.13. The molecule has 0 fully saturated rings. The van der Waals surface area contributed by atoms with E-state index in [1.165, 1.54) is 0 Å². The van der Waals surface area contributed by atoms with Gasteiger partial charge in [0.25, 0.3) is 0 Å². The molecule has 0 aliphatic rings. The number of aromatic nitrogens is 2. The summed E-state index contributed by atoms with van der Waals surface area (Å²) in [5.41, 5.74) is 7.23. The van der Waals surface area contributed by atoms with Crippen LogP contribution in [0.3, 0.4) is 0 Å². The van der Waals surface area contributed by atoms with Crippen LogP contribution >= 0.6 is 0 Å². The van der Waals surface area contributed by atoms with E-state index >= 15 is 0 Å². The summed E-state index contributed by atoms with van der Waals surface area (Å²) in [4.78, 5) is 4.20. The molecule has 92 valence electrons. The minimum atomic E-state index is -0.00471. The Morgan fingerprint density at radius 1 is 1.35 bits per heavy atom. The maximum atomic E-state index is 6.18. The van der Waals surface area contributed by atoms with Gasteiger partial charge in [-0.15, -0.1) is 0 Å². The van der Waals surface area contributed by atoms with Gasteiger partial charge in [-0.1, -0.05) is 13.8 Å². The Hall–Kier alpha value is -1.55. The van der Waals surface area contributed by atoms with E-state index < -0.39 is 0 Å². The van der Waals surface area contributed by atoms with Crippen molar-refractivity contribution in [1.82, 2.24) is 9.55 Å². The highest BCUT2D eigenvalue weighted by molar-refractivity contribution is 5.12. The van der Waals surface area contributed by atoms with Crippen molar-refractivity contribution in [2.75, 3.05) is 0 Å². The highest BCUT2D eigenvalue weighted by atomic mass is 16.3. The molecular formula is C13H19N3O. The smallest absolute Gasteiger partial charge is 0.126 e. The molecule has 2 aromatic rings. The summed E-state index contributed by atoms with van der Waals surface area (Å²) in [5, 5.41) is 0. The van der Waals surface area contributed by atoms with Gasteiger partial charge >= 0.3 is 0 Å². The molecule has 0 saturated carbocycles. The number of nitrogens with two attached hydrogens (primary N) is 1. The SMILES string of the molecule is CC(C)C(N)c1cncn1C(C)c1ccco1. The molecule has 4 heteroatoms. The van der Waals surface area contributed by atoms with Gasteiger partial charge < -0.3 is 14.7 Å². The fourth-order valence-electron chi connectivity index (χ4n) is 1.90. The topological polar surface area (TPSA) is 57.0 Å². The Morgan fingerprint density at radius 3 is 2.71 bits per heavy atom. The molecule has 0 saturated heterocycles. The number of imidazole rings is 1. The zero-order valence-electron chi connectivity index (χ0n) is 10.5. The van der Waals surface area contributed by atoms with Crippen LogP contribution in [0.4, 0.5) is 0 Å². The van der Waals surface area contributed by atoms with E-state index in [0.29, 0.717) is 5.92 Å². The molecule has 17 heavy (non-hydrogen) atoms. The molecule has 2 N–H and O–H groups in total. The highest BCUT2D eigenvalue weighted by Crippen LogP contribution is 2.25. The van der Waals surface area contributed by atoms with Crippen molar-refractivity contribution in [2.45, 2.75) is 32.9 Å². The monoisotopic (exact) mass is 233 g/mol. The van der Waals surface area contributed by atoms with Gasteiger partial charge in [-0.2, -0.15) is 0 Å². The zero-order valence-corrected chi connectivity index (χ0v) is 10.5. The van der Waals surface area contributed by atoms with Crippen LogP contribution in [0.25, 0.3) is 0 Å². The van der Waals surface area contributed by atoms with Gasteiger partial charge in [0.1, 0.15) is 5.76 Å². The molecule has 0 aromatic carbocycles. The van der Waals surface area contributed by atoms with Gasteiger partial charge in [-0.25, -0.2) is 4.98 Å². The largest absolute Gasteiger partial charge is 0.467 e. The van der Waals surface area contributed by atoms with Crippen LogP contribution in [0.1, 0.15) is 44.3 Å². The average Bonchev–Trinajstić information content (AvgIpc) is 2.97. The molecule has 0 bridgehead atoms. The van der Waals surface area contributed by atoms with Crippen LogP contribution in [0.5, 0.6) is 0 Å². The average molecular weight is 233 g/mol. The van der Waals surface area contributed by atoms with Gasteiger partial charge in [-0.05, 0) is 25.0 Å². The van der Waals surface area contributed by atoms with Crippen molar-refractivity contribution in [2.24, 2.45) is 11.7 Å². The second-order valence-corrected chi connectivity index (χ2v) is 4.69. The number of hydrogen-bond acceptors (Lipinski definition) is 3. The summed E-state index contributed by atoms with van der Waals surface area (Å²) in [6, 6.07) is 3.97. The van der Waals surface area contributed by atoms with Crippen LogP contribution in [0, 0.1) is 5.92 Å². The molecule has 0 aliphatic heterocycles. The van der Waals surface area contributed by atoms with Crippen LogP contribution < -0.4 is 5.73 Å². The van der Waals surface area contributed by atoms with E-state index in [0.717, 1.165) is 11.5 Å². The van der Waals surface area contributed by atoms with Crippen LogP contribution in [-0.2, 0) is 0 Å². The Kier molecular flexibility index (Phi) is 3.33. The van der Waals surface area contributed by atoms with Gasteiger partial charge in [0.05, 0.1) is 24.3 Å². The number of furan rings is 1. The van der Waals surface area contributed by atoms with Crippen LogP contribution in [-0.4, -0.2) is 9.55 Å². The Morgan fingerprint density at radius 2 is 2.12 bits per heavy atom. The van der Waals surface area contributed by atoms with E-state index in [9.17, 15) is 0 Å². The van der Waals surface area contributed by atoms with Crippen molar-refractivity contribution in [1.29, 1.82) is 0 Å². The molecule has 2 heterocycles. The summed E-state index contributed by atoms with van der Waals surface area (Å²) in [6.07, 6.45) is 5.33. The quantitative estimate of drug-likeness (QED) is 0.883. The summed E-state index contributed by atoms with van der Waals surface area (Å²) in [7, 11) is 0. The number of rotatable bonds is 4. The molecule has 2 rings (SSSR count). The first kappa shape index (κ1) is 11.9. The zero-order chi connectivity index (χ0) is 12.4. The summed E-state index contributed by atoms with van der Waals surface area (Å²) < 4.78 is 7.50. The van der Waals surface area contributed by atoms with E-state index in [-0.39, 0.29) is 12.1 Å². The Bertz CT molecular complexity index is 459. The molecule has 0 spiro atoms. The van der Waals surface area contributed by atoms with Crippen molar-refractivity contribution in [3.05, 3.63) is 42.4 Å². The first-order chi connectivity index (χ1) is 8.11. The second-order valence-electron chi connectivity index (χ2n) is 4.69. The number of hydrogen-bond donors (Lipinski definition) is 1. The lowest BCUT2D eigenvalue weighted by atomic mass is 10.0. The Labute approximate surface area is 101 Å². The van der Waals surface area contributed by atoms with E-state index in [1.54, 1.807) is 6.26 Å². The fourth-order valence-corrected chi connectivity index (χ4v) is 1.90.